The van der Waals surface area contributed by atoms with Gasteiger partial charge < -0.3 is 25.0 Å². The molecule has 6 heteroatoms. The van der Waals surface area contributed by atoms with Crippen LogP contribution < -0.4 is 15.0 Å². The van der Waals surface area contributed by atoms with Gasteiger partial charge >= 0.3 is 0 Å². The Hall–Kier alpha value is -2.57. The molecule has 2 saturated heterocycles. The summed E-state index contributed by atoms with van der Waals surface area (Å²) in [5, 5.41) is 14.1. The van der Waals surface area contributed by atoms with Gasteiger partial charge in [0.15, 0.2) is 0 Å². The Bertz CT molecular complexity index is 940. The number of benzene rings is 2. The number of para-hydroxylation sites is 1. The average molecular weight is 422 g/mol. The third-order valence-electron chi connectivity index (χ3n) is 7.48. The summed E-state index contributed by atoms with van der Waals surface area (Å²) in [7, 11) is 1.68. The number of likely N-dealkylation sites (tertiary alicyclic amines) is 1. The van der Waals surface area contributed by atoms with Crippen LogP contribution in [0.5, 0.6) is 5.75 Å². The number of carbonyl (C=O) groups is 1. The topological polar surface area (TPSA) is 65.0 Å². The van der Waals surface area contributed by atoms with Crippen molar-refractivity contribution in [1.29, 1.82) is 0 Å². The molecule has 1 spiro atoms. The maximum atomic E-state index is 12.9. The second kappa shape index (κ2) is 8.17. The predicted molar refractivity (Wildman–Crippen MR) is 120 cm³/mol. The molecule has 0 bridgehead atoms. The lowest BCUT2D eigenvalue weighted by Crippen LogP contribution is -2.57. The number of aryl methyl sites for hydroxylation is 1. The fourth-order valence-electron chi connectivity index (χ4n) is 5.63. The zero-order valence-electron chi connectivity index (χ0n) is 18.1. The first-order valence-electron chi connectivity index (χ1n) is 11.3. The minimum atomic E-state index is -0.452. The van der Waals surface area contributed by atoms with Crippen molar-refractivity contribution in [2.45, 2.75) is 37.3 Å². The molecule has 0 unspecified atom stereocenters. The van der Waals surface area contributed by atoms with Crippen molar-refractivity contribution in [1.82, 2.24) is 10.2 Å². The fraction of sp³-hybridized carbons (Fsp3) is 0.480. The summed E-state index contributed by atoms with van der Waals surface area (Å²) in [6.45, 7) is 3.19. The van der Waals surface area contributed by atoms with Crippen LogP contribution in [0.15, 0.2) is 48.5 Å². The van der Waals surface area contributed by atoms with Crippen molar-refractivity contribution >= 4 is 11.6 Å². The number of piperidine rings is 1. The Morgan fingerprint density at radius 2 is 1.94 bits per heavy atom. The highest BCUT2D eigenvalue weighted by atomic mass is 16.5. The van der Waals surface area contributed by atoms with E-state index in [1.165, 1.54) is 5.56 Å². The summed E-state index contributed by atoms with van der Waals surface area (Å²) in [4.78, 5) is 17.5. The summed E-state index contributed by atoms with van der Waals surface area (Å²) >= 11 is 0. The molecule has 2 aromatic carbocycles. The molecule has 0 aromatic heterocycles. The van der Waals surface area contributed by atoms with Crippen LogP contribution in [0.2, 0.25) is 0 Å². The lowest BCUT2D eigenvalue weighted by atomic mass is 9.80. The molecular weight excluding hydrogens is 390 g/mol. The summed E-state index contributed by atoms with van der Waals surface area (Å²) in [5.41, 5.74) is 2.88. The molecule has 31 heavy (non-hydrogen) atoms. The van der Waals surface area contributed by atoms with Crippen molar-refractivity contribution in [2.75, 3.05) is 38.3 Å². The molecule has 1 amide bonds. The highest BCUT2D eigenvalue weighted by molar-refractivity contribution is 5.93. The standard InChI is InChI=1S/C25H31N3O3/c1-31-21-9-10-22-18(15-21)7-8-19(23(22)29)16-27-13-11-25(12-14-27)24(30)26-17-28(25)20-5-3-2-4-6-20/h2-6,9-10,15,19,23,29H,7-8,11-14,16-17H2,1H3,(H,26,30)/t19-,23-/m1/s1. The third-order valence-corrected chi connectivity index (χ3v) is 7.48. The smallest absolute Gasteiger partial charge is 0.247 e. The highest BCUT2D eigenvalue weighted by Gasteiger charge is 2.50. The molecule has 0 radical (unpaired) electrons. The molecule has 2 heterocycles. The number of fused-ring (bicyclic) bond motifs is 1. The molecule has 1 aliphatic carbocycles. The van der Waals surface area contributed by atoms with Gasteiger partial charge in [0.25, 0.3) is 0 Å². The molecule has 2 aliphatic heterocycles. The van der Waals surface area contributed by atoms with Gasteiger partial charge in [0.1, 0.15) is 11.3 Å². The molecule has 0 saturated carbocycles. The van der Waals surface area contributed by atoms with E-state index >= 15 is 0 Å². The lowest BCUT2D eigenvalue weighted by Gasteiger charge is -2.44. The number of nitrogens with zero attached hydrogens (tertiary/aromatic N) is 2. The lowest BCUT2D eigenvalue weighted by molar-refractivity contribution is -0.125. The number of carbonyl (C=O) groups excluding carboxylic acids is 1. The van der Waals surface area contributed by atoms with Crippen molar-refractivity contribution in [2.24, 2.45) is 5.92 Å². The maximum Gasteiger partial charge on any atom is 0.247 e. The van der Waals surface area contributed by atoms with E-state index in [-0.39, 0.29) is 11.8 Å². The van der Waals surface area contributed by atoms with E-state index in [0.717, 1.165) is 62.3 Å². The Kier molecular flexibility index (Phi) is 5.36. The van der Waals surface area contributed by atoms with E-state index in [4.69, 9.17) is 4.74 Å². The first-order valence-corrected chi connectivity index (χ1v) is 11.3. The number of hydrogen-bond donors (Lipinski definition) is 2. The van der Waals surface area contributed by atoms with Gasteiger partial charge in [-0.15, -0.1) is 0 Å². The number of hydrogen-bond acceptors (Lipinski definition) is 5. The van der Waals surface area contributed by atoms with Gasteiger partial charge in [-0.2, -0.15) is 0 Å². The van der Waals surface area contributed by atoms with Crippen LogP contribution in [0, 0.1) is 5.92 Å². The number of nitrogens with one attached hydrogen (secondary N) is 1. The number of aliphatic hydroxyl groups is 1. The Morgan fingerprint density at radius 1 is 1.16 bits per heavy atom. The largest absolute Gasteiger partial charge is 0.497 e. The summed E-state index contributed by atoms with van der Waals surface area (Å²) in [6.07, 6.45) is 3.12. The van der Waals surface area contributed by atoms with Gasteiger partial charge in [-0.1, -0.05) is 24.3 Å². The Balaban J connectivity index is 1.25. The van der Waals surface area contributed by atoms with Crippen LogP contribution >= 0.6 is 0 Å². The Morgan fingerprint density at radius 3 is 2.68 bits per heavy atom. The molecule has 2 N–H and O–H groups in total. The van der Waals surface area contributed by atoms with Gasteiger partial charge in [0.2, 0.25) is 5.91 Å². The Labute approximate surface area is 183 Å². The molecular formula is C25H31N3O3. The van der Waals surface area contributed by atoms with Gasteiger partial charge in [0, 0.05) is 31.2 Å². The van der Waals surface area contributed by atoms with E-state index in [9.17, 15) is 9.90 Å². The van der Waals surface area contributed by atoms with Gasteiger partial charge in [-0.05, 0) is 61.1 Å². The molecule has 6 nitrogen and oxygen atoms in total. The molecule has 164 valence electrons. The second-order valence-electron chi connectivity index (χ2n) is 9.07. The number of rotatable bonds is 4. The van der Waals surface area contributed by atoms with Gasteiger partial charge in [0.05, 0.1) is 19.9 Å². The van der Waals surface area contributed by atoms with Crippen LogP contribution in [0.25, 0.3) is 0 Å². The SMILES string of the molecule is COc1ccc2c(c1)CC[C@H](CN1CCC3(CC1)C(=O)NCN3c1ccccc1)[C@H]2O. The number of methoxy groups -OCH3 is 1. The summed E-state index contributed by atoms with van der Waals surface area (Å²) in [5.74, 6) is 1.22. The second-order valence-corrected chi connectivity index (χ2v) is 9.07. The van der Waals surface area contributed by atoms with Gasteiger partial charge in [-0.25, -0.2) is 0 Å². The van der Waals surface area contributed by atoms with Crippen molar-refractivity contribution in [3.8, 4) is 5.75 Å². The third kappa shape index (κ3) is 3.58. The number of amides is 1. The molecule has 5 rings (SSSR count). The number of anilines is 1. The molecule has 2 aromatic rings. The fourth-order valence-corrected chi connectivity index (χ4v) is 5.63. The summed E-state index contributed by atoms with van der Waals surface area (Å²) in [6, 6.07) is 16.2. The van der Waals surface area contributed by atoms with Crippen LogP contribution in [0.4, 0.5) is 5.69 Å². The van der Waals surface area contributed by atoms with Crippen LogP contribution in [-0.4, -0.2) is 54.9 Å². The van der Waals surface area contributed by atoms with Crippen LogP contribution in [0.3, 0.4) is 0 Å². The van der Waals surface area contributed by atoms with Crippen LogP contribution in [-0.2, 0) is 11.2 Å². The monoisotopic (exact) mass is 421 g/mol. The van der Waals surface area contributed by atoms with Crippen molar-refractivity contribution < 1.29 is 14.6 Å². The number of aliphatic hydroxyl groups excluding tert-OH is 1. The molecule has 2 fully saturated rings. The molecule has 2 atom stereocenters. The van der Waals surface area contributed by atoms with E-state index in [0.29, 0.717) is 6.67 Å². The predicted octanol–water partition coefficient (Wildman–Crippen LogP) is 2.72. The quantitative estimate of drug-likeness (QED) is 0.795. The zero-order chi connectivity index (χ0) is 21.4. The van der Waals surface area contributed by atoms with E-state index < -0.39 is 11.6 Å². The van der Waals surface area contributed by atoms with E-state index in [2.05, 4.69) is 33.3 Å². The minimum Gasteiger partial charge on any atom is -0.497 e. The first-order chi connectivity index (χ1) is 15.1. The number of ether oxygens (including phenoxy) is 1. The van der Waals surface area contributed by atoms with E-state index in [1.807, 2.05) is 30.3 Å². The van der Waals surface area contributed by atoms with Crippen molar-refractivity contribution in [3.63, 3.8) is 0 Å². The average Bonchev–Trinajstić information content (AvgIpc) is 3.13. The van der Waals surface area contributed by atoms with Gasteiger partial charge in [-0.3, -0.25) is 4.79 Å². The first kappa shape index (κ1) is 20.3. The maximum absolute atomic E-state index is 12.9. The minimum absolute atomic E-state index is 0.150. The van der Waals surface area contributed by atoms with Crippen molar-refractivity contribution in [3.05, 3.63) is 59.7 Å². The van der Waals surface area contributed by atoms with E-state index in [1.54, 1.807) is 7.11 Å². The van der Waals surface area contributed by atoms with Crippen LogP contribution in [0.1, 0.15) is 36.5 Å². The highest BCUT2D eigenvalue weighted by Crippen LogP contribution is 2.39. The zero-order valence-corrected chi connectivity index (χ0v) is 18.1. The summed E-state index contributed by atoms with van der Waals surface area (Å²) < 4.78 is 5.33. The molecule has 3 aliphatic rings. The normalized spacial score (nSPS) is 25.4.